The van der Waals surface area contributed by atoms with E-state index in [1.165, 1.54) is 0 Å². The fraction of sp³-hybridized carbons (Fsp3) is 0.0167. The summed E-state index contributed by atoms with van der Waals surface area (Å²) in [6, 6.07) is 82.7. The first-order valence-electron chi connectivity index (χ1n) is 22.8. The minimum absolute atomic E-state index is 0.0629. The number of fused-ring (bicyclic) bond motifs is 2. The molecule has 0 spiro atoms. The molecule has 1 aromatic heterocycles. The monoisotopic (exact) mass is 876 g/mol. The number of nitrogens with zero attached hydrogens (tertiary/aromatic N) is 7. The van der Waals surface area contributed by atoms with E-state index in [4.69, 9.17) is 15.3 Å². The van der Waals surface area contributed by atoms with Gasteiger partial charge in [-0.2, -0.15) is 20.4 Å². The molecule has 0 amide bonds. The summed E-state index contributed by atoms with van der Waals surface area (Å²) in [7, 11) is 0. The zero-order valence-electron chi connectivity index (χ0n) is 37.0. The van der Waals surface area contributed by atoms with Gasteiger partial charge < -0.3 is 9.80 Å². The molecule has 1 aliphatic heterocycles. The summed E-state index contributed by atoms with van der Waals surface area (Å²) in [4.78, 5) is 6.30. The number of benzene rings is 9. The summed E-state index contributed by atoms with van der Waals surface area (Å²) in [6.07, 6.45) is 6.53. The lowest BCUT2D eigenvalue weighted by molar-refractivity contribution is 0.697. The predicted octanol–water partition coefficient (Wildman–Crippen LogP) is 14.2. The first-order chi connectivity index (χ1) is 33.7. The number of allylic oxidation sites excluding steroid dienone is 1. The van der Waals surface area contributed by atoms with E-state index in [1.807, 2.05) is 65.8 Å². The Morgan fingerprint density at radius 2 is 0.824 bits per heavy atom. The van der Waals surface area contributed by atoms with Crippen LogP contribution in [0, 0.1) is 0 Å². The van der Waals surface area contributed by atoms with Crippen LogP contribution in [0.2, 0.25) is 0 Å². The van der Waals surface area contributed by atoms with E-state index < -0.39 is 0 Å². The summed E-state index contributed by atoms with van der Waals surface area (Å²) < 4.78 is 0. The molecule has 12 rings (SSSR count). The molecule has 2 aliphatic rings. The number of anilines is 6. The van der Waals surface area contributed by atoms with Crippen LogP contribution in [0.4, 0.5) is 34.1 Å². The third-order valence-corrected chi connectivity index (χ3v) is 12.4. The van der Waals surface area contributed by atoms with Gasteiger partial charge in [-0.15, -0.1) is 10.2 Å². The second-order valence-electron chi connectivity index (χ2n) is 16.8. The van der Waals surface area contributed by atoms with Crippen molar-refractivity contribution in [3.63, 3.8) is 0 Å². The van der Waals surface area contributed by atoms with E-state index in [0.29, 0.717) is 0 Å². The standard InChI is InChI=1S/C60H44N8/c1-5-23-49(24-6-1)65(55-33-35-57-59(41-55)63-67(61-57)51-27-9-3-10-28-51)53-31-15-21-47(39-53)45-19-13-17-43(37-45)44-18-14-20-46(38-44)48-22-16-32-54(40-48)66(50-25-7-2-8-26-50)56-34-36-58-60(42-56)64-68(62-58)52-29-11-4-12-30-52/h1-42,59,63H. The van der Waals surface area contributed by atoms with Crippen molar-refractivity contribution in [1.29, 1.82) is 0 Å². The molecule has 9 aromatic carbocycles. The van der Waals surface area contributed by atoms with E-state index in [1.54, 1.807) is 4.80 Å². The molecular formula is C60H44N8. The minimum Gasteiger partial charge on any atom is -0.311 e. The van der Waals surface area contributed by atoms with Gasteiger partial charge in [-0.05, 0) is 155 Å². The normalized spacial score (nSPS) is 14.1. The molecule has 1 atom stereocenters. The van der Waals surface area contributed by atoms with Crippen LogP contribution in [0.5, 0.6) is 0 Å². The van der Waals surface area contributed by atoms with Crippen molar-refractivity contribution in [3.8, 4) is 39.1 Å². The van der Waals surface area contributed by atoms with Gasteiger partial charge in [0.25, 0.3) is 0 Å². The third kappa shape index (κ3) is 8.02. The maximum atomic E-state index is 4.87. The van der Waals surface area contributed by atoms with Gasteiger partial charge in [-0.3, -0.25) is 0 Å². The summed E-state index contributed by atoms with van der Waals surface area (Å²) in [6.45, 7) is 0. The van der Waals surface area contributed by atoms with Gasteiger partial charge in [0.05, 0.1) is 23.1 Å². The van der Waals surface area contributed by atoms with Crippen LogP contribution in [0.25, 0.3) is 50.1 Å². The Hall–Kier alpha value is -9.11. The van der Waals surface area contributed by atoms with E-state index in [-0.39, 0.29) is 6.04 Å². The molecule has 0 bridgehead atoms. The van der Waals surface area contributed by atoms with Gasteiger partial charge in [-0.1, -0.05) is 133 Å². The predicted molar refractivity (Wildman–Crippen MR) is 279 cm³/mol. The fourth-order valence-electron chi connectivity index (χ4n) is 9.08. The lowest BCUT2D eigenvalue weighted by atomic mass is 9.95. The Kier molecular flexibility index (Phi) is 10.5. The third-order valence-electron chi connectivity index (χ3n) is 12.4. The van der Waals surface area contributed by atoms with E-state index in [0.717, 1.165) is 95.6 Å². The molecule has 68 heavy (non-hydrogen) atoms. The molecule has 8 nitrogen and oxygen atoms in total. The number of hydrazone groups is 1. The first kappa shape index (κ1) is 40.4. The van der Waals surface area contributed by atoms with Crippen LogP contribution in [-0.4, -0.2) is 26.7 Å². The van der Waals surface area contributed by atoms with Crippen LogP contribution in [0.1, 0.15) is 0 Å². The van der Waals surface area contributed by atoms with Crippen LogP contribution in [-0.2, 0) is 0 Å². The van der Waals surface area contributed by atoms with Gasteiger partial charge in [0, 0.05) is 34.1 Å². The van der Waals surface area contributed by atoms with Crippen molar-refractivity contribution in [2.24, 2.45) is 5.10 Å². The molecule has 8 heteroatoms. The van der Waals surface area contributed by atoms with Crippen LogP contribution in [0.15, 0.2) is 266 Å². The van der Waals surface area contributed by atoms with Gasteiger partial charge >= 0.3 is 0 Å². The highest BCUT2D eigenvalue weighted by atomic mass is 15.7. The molecule has 1 aliphatic carbocycles. The number of aromatic nitrogens is 3. The largest absolute Gasteiger partial charge is 0.311 e. The molecule has 1 unspecified atom stereocenters. The SMILES string of the molecule is C1=CC2=NN(c3ccccc3)NC2C=C1N(c1ccccc1)c1cccc(-c2cccc(-c3cccc(-c4cccc(N(c5ccccc5)c5ccc6nn(-c7ccccc7)nc6c5)c4)c3)c2)c1. The summed E-state index contributed by atoms with van der Waals surface area (Å²) >= 11 is 0. The summed E-state index contributed by atoms with van der Waals surface area (Å²) in [5, 5.41) is 16.4. The van der Waals surface area contributed by atoms with Crippen molar-refractivity contribution < 1.29 is 0 Å². The Morgan fingerprint density at radius 1 is 0.368 bits per heavy atom. The molecule has 0 fully saturated rings. The average molecular weight is 877 g/mol. The fourth-order valence-corrected chi connectivity index (χ4v) is 9.08. The first-order valence-corrected chi connectivity index (χ1v) is 22.8. The van der Waals surface area contributed by atoms with Crippen molar-refractivity contribution in [2.45, 2.75) is 6.04 Å². The molecular weight excluding hydrogens is 833 g/mol. The van der Waals surface area contributed by atoms with Crippen LogP contribution in [0.3, 0.4) is 0 Å². The van der Waals surface area contributed by atoms with E-state index in [2.05, 4.69) is 209 Å². The zero-order valence-corrected chi connectivity index (χ0v) is 37.0. The smallest absolute Gasteiger partial charge is 0.115 e. The number of hydrogen-bond donors (Lipinski definition) is 1. The highest BCUT2D eigenvalue weighted by molar-refractivity contribution is 6.04. The lowest BCUT2D eigenvalue weighted by Crippen LogP contribution is -2.38. The Bertz CT molecular complexity index is 3510. The summed E-state index contributed by atoms with van der Waals surface area (Å²) in [5.41, 5.74) is 21.3. The molecule has 0 saturated carbocycles. The number of hydrogen-bond acceptors (Lipinski definition) is 7. The Balaban J connectivity index is 0.843. The van der Waals surface area contributed by atoms with Crippen LogP contribution >= 0.6 is 0 Å². The zero-order chi connectivity index (χ0) is 45.2. The van der Waals surface area contributed by atoms with E-state index in [9.17, 15) is 0 Å². The van der Waals surface area contributed by atoms with Gasteiger partial charge in [0.2, 0.25) is 0 Å². The topological polar surface area (TPSA) is 64.8 Å². The van der Waals surface area contributed by atoms with Gasteiger partial charge in [0.15, 0.2) is 0 Å². The van der Waals surface area contributed by atoms with Gasteiger partial charge in [-0.25, -0.2) is 0 Å². The molecule has 10 aromatic rings. The molecule has 0 radical (unpaired) electrons. The quantitative estimate of drug-likeness (QED) is 0.140. The molecule has 1 N–H and O–H groups in total. The highest BCUT2D eigenvalue weighted by Gasteiger charge is 2.28. The Morgan fingerprint density at radius 3 is 1.41 bits per heavy atom. The number of rotatable bonds is 11. The number of nitrogens with one attached hydrogen (secondary N) is 1. The maximum absolute atomic E-state index is 4.87. The maximum Gasteiger partial charge on any atom is 0.115 e. The average Bonchev–Trinajstić information content (AvgIpc) is 4.05. The minimum atomic E-state index is -0.0629. The van der Waals surface area contributed by atoms with E-state index >= 15 is 0 Å². The van der Waals surface area contributed by atoms with Crippen molar-refractivity contribution in [1.82, 2.24) is 20.4 Å². The Labute approximate surface area is 395 Å². The number of para-hydroxylation sites is 4. The van der Waals surface area contributed by atoms with Crippen LogP contribution < -0.4 is 20.3 Å². The van der Waals surface area contributed by atoms with Crippen molar-refractivity contribution in [3.05, 3.63) is 261 Å². The second kappa shape index (κ2) is 17.7. The summed E-state index contributed by atoms with van der Waals surface area (Å²) in [5.74, 6) is 0. The second-order valence-corrected chi connectivity index (χ2v) is 16.8. The molecule has 2 heterocycles. The molecule has 324 valence electrons. The highest BCUT2D eigenvalue weighted by Crippen LogP contribution is 2.40. The molecule has 0 saturated heterocycles. The van der Waals surface area contributed by atoms with Crippen molar-refractivity contribution in [2.75, 3.05) is 14.9 Å². The van der Waals surface area contributed by atoms with Gasteiger partial charge in [0.1, 0.15) is 11.0 Å². The lowest BCUT2D eigenvalue weighted by Gasteiger charge is -2.29. The van der Waals surface area contributed by atoms with Crippen molar-refractivity contribution >= 4 is 50.9 Å². The number of hydrazine groups is 1.